The van der Waals surface area contributed by atoms with Crippen LogP contribution in [0.2, 0.25) is 0 Å². The zero-order valence-corrected chi connectivity index (χ0v) is 8.93. The van der Waals surface area contributed by atoms with Gasteiger partial charge in [0, 0.05) is 24.0 Å². The number of carbonyl (C=O) groups excluding carboxylic acids is 1. The predicted octanol–water partition coefficient (Wildman–Crippen LogP) is 1.13. The summed E-state index contributed by atoms with van der Waals surface area (Å²) in [7, 11) is 0. The van der Waals surface area contributed by atoms with Crippen molar-refractivity contribution in [3.63, 3.8) is 0 Å². The lowest BCUT2D eigenvalue weighted by Crippen LogP contribution is -2.46. The molecule has 14 heavy (non-hydrogen) atoms. The van der Waals surface area contributed by atoms with E-state index in [1.54, 1.807) is 0 Å². The normalized spacial score (nSPS) is 30.1. The Morgan fingerprint density at radius 3 is 3.00 bits per heavy atom. The smallest absolute Gasteiger partial charge is 0.294 e. The summed E-state index contributed by atoms with van der Waals surface area (Å²) in [6.45, 7) is 0. The lowest BCUT2D eigenvalue weighted by atomic mass is 9.97. The molecule has 0 heterocycles. The summed E-state index contributed by atoms with van der Waals surface area (Å²) in [5.74, 6) is 0. The molecule has 0 aromatic carbocycles. The van der Waals surface area contributed by atoms with Crippen LogP contribution in [-0.4, -0.2) is 17.3 Å². The van der Waals surface area contributed by atoms with Gasteiger partial charge in [0.25, 0.3) is 5.24 Å². The summed E-state index contributed by atoms with van der Waals surface area (Å²) in [5, 5.41) is 7.78. The maximum atomic E-state index is 11.1. The van der Waals surface area contributed by atoms with Crippen LogP contribution in [0.15, 0.2) is 12.2 Å². The van der Waals surface area contributed by atoms with Crippen LogP contribution in [0.3, 0.4) is 0 Å². The van der Waals surface area contributed by atoms with Gasteiger partial charge in [0.15, 0.2) is 0 Å². The average Bonchev–Trinajstić information content (AvgIpc) is 2.17. The summed E-state index contributed by atoms with van der Waals surface area (Å²) >= 11 is 0.709. The van der Waals surface area contributed by atoms with Gasteiger partial charge in [0.1, 0.15) is 0 Å². The molecule has 0 radical (unpaired) electrons. The van der Waals surface area contributed by atoms with Crippen molar-refractivity contribution >= 4 is 17.2 Å². The van der Waals surface area contributed by atoms with Gasteiger partial charge in [-0.1, -0.05) is 12.2 Å². The first-order valence-electron chi connectivity index (χ1n) is 4.82. The van der Waals surface area contributed by atoms with Gasteiger partial charge in [0.2, 0.25) is 0 Å². The highest BCUT2D eigenvalue weighted by molar-refractivity contribution is 8.11. The fourth-order valence-electron chi connectivity index (χ4n) is 1.57. The van der Waals surface area contributed by atoms with Crippen molar-refractivity contribution in [3.8, 4) is 0 Å². The Labute approximate surface area is 88.6 Å². The van der Waals surface area contributed by atoms with Gasteiger partial charge in [-0.2, -0.15) is 0 Å². The Morgan fingerprint density at radius 2 is 2.29 bits per heavy atom. The molecule has 0 unspecified atom stereocenters. The first-order valence-corrected chi connectivity index (χ1v) is 5.70. The highest BCUT2D eigenvalue weighted by atomic mass is 32.2. The molecule has 0 saturated heterocycles. The predicted molar refractivity (Wildman–Crippen MR) is 59.7 cm³/mol. The zero-order valence-electron chi connectivity index (χ0n) is 8.11. The third-order valence-corrected chi connectivity index (χ3v) is 2.72. The summed E-state index contributed by atoms with van der Waals surface area (Å²) < 4.78 is 0. The van der Waals surface area contributed by atoms with Crippen LogP contribution in [-0.2, 0) is 0 Å². The third kappa shape index (κ3) is 3.69. The van der Waals surface area contributed by atoms with E-state index in [1.165, 1.54) is 0 Å². The Morgan fingerprint density at radius 1 is 1.50 bits per heavy atom. The van der Waals surface area contributed by atoms with E-state index in [9.17, 15) is 4.79 Å². The van der Waals surface area contributed by atoms with E-state index in [2.05, 4.69) is 17.5 Å². The highest BCUT2D eigenvalue weighted by Crippen LogP contribution is 2.12. The molecule has 0 saturated carbocycles. The standard InChI is InChI=1S/C9H17N3OS/c10-7-5-3-1-2-4-6-8(7)12-9(13)14-11/h1,3,7-8H,2,4-6,10-11H2,(H,12,13)/b3-1+/t7-,8+/m0/s1. The molecule has 0 spiro atoms. The number of allylic oxidation sites excluding steroid dienone is 1. The van der Waals surface area contributed by atoms with E-state index >= 15 is 0 Å². The minimum Gasteiger partial charge on any atom is -0.342 e. The molecular formula is C9H17N3OS. The number of hydrogen-bond acceptors (Lipinski definition) is 4. The topological polar surface area (TPSA) is 81.1 Å². The second-order valence-corrected chi connectivity index (χ2v) is 4.06. The Bertz CT molecular complexity index is 220. The van der Waals surface area contributed by atoms with Crippen LogP contribution in [0, 0.1) is 0 Å². The van der Waals surface area contributed by atoms with E-state index in [0.717, 1.165) is 25.7 Å². The second-order valence-electron chi connectivity index (χ2n) is 3.46. The van der Waals surface area contributed by atoms with Gasteiger partial charge < -0.3 is 11.1 Å². The summed E-state index contributed by atoms with van der Waals surface area (Å²) in [6, 6.07) is 0.0612. The second kappa shape index (κ2) is 6.06. The summed E-state index contributed by atoms with van der Waals surface area (Å²) in [5.41, 5.74) is 5.94. The fourth-order valence-corrected chi connectivity index (χ4v) is 1.79. The Kier molecular flexibility index (Phi) is 5.00. The van der Waals surface area contributed by atoms with Crippen molar-refractivity contribution in [2.24, 2.45) is 10.9 Å². The summed E-state index contributed by atoms with van der Waals surface area (Å²) in [4.78, 5) is 11.1. The first kappa shape index (κ1) is 11.6. The van der Waals surface area contributed by atoms with E-state index in [4.69, 9.17) is 10.9 Å². The number of hydrogen-bond donors (Lipinski definition) is 3. The molecule has 0 bridgehead atoms. The molecule has 5 N–H and O–H groups in total. The fraction of sp³-hybridized carbons (Fsp3) is 0.667. The van der Waals surface area contributed by atoms with Crippen molar-refractivity contribution in [1.29, 1.82) is 0 Å². The third-order valence-electron chi connectivity index (χ3n) is 2.39. The Hall–Kier alpha value is -0.520. The molecule has 0 aromatic heterocycles. The number of nitrogens with one attached hydrogen (secondary N) is 1. The largest absolute Gasteiger partial charge is 0.342 e. The molecule has 1 rings (SSSR count). The van der Waals surface area contributed by atoms with Crippen molar-refractivity contribution < 1.29 is 4.79 Å². The molecule has 1 aliphatic rings. The van der Waals surface area contributed by atoms with Crippen molar-refractivity contribution in [2.75, 3.05) is 0 Å². The number of rotatable bonds is 1. The van der Waals surface area contributed by atoms with Crippen molar-refractivity contribution in [2.45, 2.75) is 37.8 Å². The molecule has 4 nitrogen and oxygen atoms in total. The van der Waals surface area contributed by atoms with Gasteiger partial charge in [-0.25, -0.2) is 0 Å². The molecule has 1 aliphatic carbocycles. The first-order chi connectivity index (χ1) is 6.74. The van der Waals surface area contributed by atoms with Crippen LogP contribution >= 0.6 is 11.9 Å². The highest BCUT2D eigenvalue weighted by Gasteiger charge is 2.19. The maximum absolute atomic E-state index is 11.1. The number of amides is 1. The SMILES string of the molecule is NSC(=O)N[C@@H]1CCC/C=C/C[C@@H]1N. The molecular weight excluding hydrogens is 198 g/mol. The van der Waals surface area contributed by atoms with Gasteiger partial charge in [0.05, 0.1) is 0 Å². The minimum atomic E-state index is -0.199. The molecule has 2 atom stereocenters. The van der Waals surface area contributed by atoms with Gasteiger partial charge in [-0.3, -0.25) is 9.93 Å². The van der Waals surface area contributed by atoms with Crippen LogP contribution in [0.25, 0.3) is 0 Å². The lowest BCUT2D eigenvalue weighted by molar-refractivity contribution is 0.253. The van der Waals surface area contributed by atoms with Crippen molar-refractivity contribution in [1.82, 2.24) is 5.32 Å². The average molecular weight is 215 g/mol. The van der Waals surface area contributed by atoms with E-state index in [0.29, 0.717) is 11.9 Å². The number of nitrogens with two attached hydrogens (primary N) is 2. The molecule has 0 aromatic rings. The monoisotopic (exact) mass is 215 g/mol. The molecule has 5 heteroatoms. The summed E-state index contributed by atoms with van der Waals surface area (Å²) in [6.07, 6.45) is 8.10. The molecule has 0 aliphatic heterocycles. The van der Waals surface area contributed by atoms with Crippen LogP contribution in [0.1, 0.15) is 25.7 Å². The minimum absolute atomic E-state index is 0.00245. The quantitative estimate of drug-likeness (QED) is 0.452. The molecule has 0 fully saturated rings. The number of carbonyl (C=O) groups is 1. The molecule has 1 amide bonds. The van der Waals surface area contributed by atoms with Crippen LogP contribution in [0.5, 0.6) is 0 Å². The maximum Gasteiger partial charge on any atom is 0.294 e. The van der Waals surface area contributed by atoms with E-state index < -0.39 is 0 Å². The Balaban J connectivity index is 2.47. The van der Waals surface area contributed by atoms with Gasteiger partial charge >= 0.3 is 0 Å². The van der Waals surface area contributed by atoms with Crippen molar-refractivity contribution in [3.05, 3.63) is 12.2 Å². The van der Waals surface area contributed by atoms with Gasteiger partial charge in [-0.15, -0.1) is 0 Å². The van der Waals surface area contributed by atoms with Gasteiger partial charge in [-0.05, 0) is 25.7 Å². The van der Waals surface area contributed by atoms with Crippen LogP contribution < -0.4 is 16.2 Å². The van der Waals surface area contributed by atoms with Crippen LogP contribution in [0.4, 0.5) is 4.79 Å². The van der Waals surface area contributed by atoms with E-state index in [1.807, 2.05) is 0 Å². The van der Waals surface area contributed by atoms with E-state index in [-0.39, 0.29) is 17.3 Å². The lowest BCUT2D eigenvalue weighted by Gasteiger charge is -2.24. The molecule has 80 valence electrons. The zero-order chi connectivity index (χ0) is 10.4.